The third kappa shape index (κ3) is 3.82. The fourth-order valence-electron chi connectivity index (χ4n) is 3.68. The van der Waals surface area contributed by atoms with Gasteiger partial charge < -0.3 is 9.80 Å². The molecule has 1 aliphatic rings. The number of anilines is 1. The topological polar surface area (TPSA) is 53.5 Å². The second-order valence-corrected chi connectivity index (χ2v) is 9.37. The molecule has 3 aromatic rings. The molecule has 1 fully saturated rings. The first-order chi connectivity index (χ1) is 13.9. The van der Waals surface area contributed by atoms with Gasteiger partial charge in [-0.15, -0.1) is 0 Å². The van der Waals surface area contributed by atoms with Crippen molar-refractivity contribution in [1.29, 1.82) is 0 Å². The third-order valence-electron chi connectivity index (χ3n) is 5.32. The van der Waals surface area contributed by atoms with Crippen LogP contribution in [0.4, 0.5) is 10.1 Å². The highest BCUT2D eigenvalue weighted by molar-refractivity contribution is 7.91. The summed E-state index contributed by atoms with van der Waals surface area (Å²) in [4.78, 5) is 8.85. The van der Waals surface area contributed by atoms with E-state index in [9.17, 15) is 12.8 Å². The molecule has 0 bridgehead atoms. The molecule has 0 atom stereocenters. The fourth-order valence-corrected chi connectivity index (χ4v) is 5.24. The molecule has 152 valence electrons. The van der Waals surface area contributed by atoms with Crippen LogP contribution in [0.3, 0.4) is 0 Å². The summed E-state index contributed by atoms with van der Waals surface area (Å²) in [5.74, 6) is -0.422. The number of benzene rings is 2. The molecule has 1 aromatic heterocycles. The van der Waals surface area contributed by atoms with E-state index in [2.05, 4.69) is 16.8 Å². The van der Waals surface area contributed by atoms with Crippen LogP contribution in [0.2, 0.25) is 5.02 Å². The van der Waals surface area contributed by atoms with Gasteiger partial charge in [0.15, 0.2) is 0 Å². The summed E-state index contributed by atoms with van der Waals surface area (Å²) in [5, 5.41) is 0.962. The number of hydrogen-bond donors (Lipinski definition) is 0. The van der Waals surface area contributed by atoms with Crippen LogP contribution in [0, 0.1) is 5.82 Å². The fraction of sp³-hybridized carbons (Fsp3) is 0.286. The van der Waals surface area contributed by atoms with Crippen LogP contribution in [0.15, 0.2) is 58.5 Å². The largest absolute Gasteiger partial charge is 0.367 e. The first-order valence-corrected chi connectivity index (χ1v) is 11.3. The molecule has 8 heteroatoms. The molecule has 5 nitrogen and oxygen atoms in total. The molecule has 1 aliphatic heterocycles. The Kier molecular flexibility index (Phi) is 5.46. The van der Waals surface area contributed by atoms with Gasteiger partial charge in [-0.1, -0.05) is 18.5 Å². The van der Waals surface area contributed by atoms with E-state index in [-0.39, 0.29) is 9.79 Å². The summed E-state index contributed by atoms with van der Waals surface area (Å²) in [6.07, 6.45) is 1.38. The lowest BCUT2D eigenvalue weighted by Gasteiger charge is -2.36. The van der Waals surface area contributed by atoms with Crippen LogP contribution in [0.5, 0.6) is 0 Å². The van der Waals surface area contributed by atoms with Crippen LogP contribution in [0.1, 0.15) is 6.92 Å². The number of sulfone groups is 1. The molecular weight excluding hydrogens is 413 g/mol. The summed E-state index contributed by atoms with van der Waals surface area (Å²) in [6, 6.07) is 10.3. The summed E-state index contributed by atoms with van der Waals surface area (Å²) in [7, 11) is -3.86. The van der Waals surface area contributed by atoms with Crippen LogP contribution in [-0.4, -0.2) is 51.0 Å². The molecule has 0 N–H and O–H groups in total. The predicted molar refractivity (Wildman–Crippen MR) is 113 cm³/mol. The van der Waals surface area contributed by atoms with E-state index in [0.717, 1.165) is 19.6 Å². The van der Waals surface area contributed by atoms with Gasteiger partial charge in [0.05, 0.1) is 16.1 Å². The predicted octanol–water partition coefficient (Wildman–Crippen LogP) is 4.00. The molecule has 2 aromatic carbocycles. The monoisotopic (exact) mass is 433 g/mol. The van der Waals surface area contributed by atoms with Gasteiger partial charge in [-0.2, -0.15) is 0 Å². The molecule has 2 heterocycles. The van der Waals surface area contributed by atoms with E-state index in [1.54, 1.807) is 18.2 Å². The SMILES string of the molecule is CCN1CCN(c2c(S(=O)(=O)c3ccc(Cl)cc3)cnc3ccc(F)cc23)CC1. The zero-order valence-corrected chi connectivity index (χ0v) is 17.5. The molecular formula is C21H21ClFN3O2S. The minimum absolute atomic E-state index is 0.0860. The Hall–Kier alpha value is -2.22. The van der Waals surface area contributed by atoms with Crippen molar-refractivity contribution in [2.24, 2.45) is 0 Å². The number of fused-ring (bicyclic) bond motifs is 1. The van der Waals surface area contributed by atoms with E-state index in [1.807, 2.05) is 4.90 Å². The van der Waals surface area contributed by atoms with Crippen molar-refractivity contribution in [3.8, 4) is 0 Å². The van der Waals surface area contributed by atoms with Crippen LogP contribution in [-0.2, 0) is 9.84 Å². The number of pyridine rings is 1. The van der Waals surface area contributed by atoms with Crippen molar-refractivity contribution >= 4 is 38.0 Å². The zero-order chi connectivity index (χ0) is 20.6. The summed E-state index contributed by atoms with van der Waals surface area (Å²) in [6.45, 7) is 5.99. The van der Waals surface area contributed by atoms with Crippen molar-refractivity contribution in [1.82, 2.24) is 9.88 Å². The van der Waals surface area contributed by atoms with Crippen LogP contribution in [0.25, 0.3) is 10.9 Å². The lowest BCUT2D eigenvalue weighted by Crippen LogP contribution is -2.46. The van der Waals surface area contributed by atoms with E-state index in [1.165, 1.54) is 30.5 Å². The minimum atomic E-state index is -3.86. The van der Waals surface area contributed by atoms with Gasteiger partial charge in [-0.3, -0.25) is 4.98 Å². The lowest BCUT2D eigenvalue weighted by atomic mass is 10.1. The van der Waals surface area contributed by atoms with E-state index in [4.69, 9.17) is 11.6 Å². The molecule has 0 spiro atoms. The maximum Gasteiger partial charge on any atom is 0.210 e. The Morgan fingerprint density at radius 3 is 2.41 bits per heavy atom. The molecule has 29 heavy (non-hydrogen) atoms. The molecule has 0 amide bonds. The van der Waals surface area contributed by atoms with E-state index in [0.29, 0.717) is 34.7 Å². The molecule has 0 saturated carbocycles. The lowest BCUT2D eigenvalue weighted by molar-refractivity contribution is 0.271. The maximum atomic E-state index is 14.1. The van der Waals surface area contributed by atoms with Crippen LogP contribution >= 0.6 is 11.6 Å². The van der Waals surface area contributed by atoms with Gasteiger partial charge in [-0.25, -0.2) is 12.8 Å². The van der Waals surface area contributed by atoms with Crippen LogP contribution < -0.4 is 4.90 Å². The van der Waals surface area contributed by atoms with Gasteiger partial charge in [0.1, 0.15) is 10.7 Å². The second-order valence-electron chi connectivity index (χ2n) is 7.01. The highest BCUT2D eigenvalue weighted by Gasteiger charge is 2.28. The standard InChI is InChI=1S/C21H21ClFN3O2S/c1-2-25-9-11-26(12-10-25)21-18-13-16(23)5-8-19(18)24-14-20(21)29(27,28)17-6-3-15(22)4-7-17/h3-8,13-14H,2,9-12H2,1H3. The molecule has 0 aliphatic carbocycles. The Morgan fingerprint density at radius 1 is 1.07 bits per heavy atom. The minimum Gasteiger partial charge on any atom is -0.367 e. The quantitative estimate of drug-likeness (QED) is 0.622. The molecule has 0 radical (unpaired) electrons. The molecule has 0 unspecified atom stereocenters. The van der Waals surface area contributed by atoms with E-state index >= 15 is 0 Å². The number of rotatable bonds is 4. The smallest absolute Gasteiger partial charge is 0.210 e. The zero-order valence-electron chi connectivity index (χ0n) is 16.0. The molecule has 4 rings (SSSR count). The van der Waals surface area contributed by atoms with Crippen molar-refractivity contribution in [3.05, 3.63) is 59.5 Å². The van der Waals surface area contributed by atoms with Crippen molar-refractivity contribution in [3.63, 3.8) is 0 Å². The number of aromatic nitrogens is 1. The Balaban J connectivity index is 1.91. The number of hydrogen-bond acceptors (Lipinski definition) is 5. The summed E-state index contributed by atoms with van der Waals surface area (Å²) in [5.41, 5.74) is 1.08. The molecule has 1 saturated heterocycles. The number of piperazine rings is 1. The number of nitrogens with zero attached hydrogens (tertiary/aromatic N) is 3. The van der Waals surface area contributed by atoms with Gasteiger partial charge >= 0.3 is 0 Å². The van der Waals surface area contributed by atoms with Gasteiger partial charge in [0.25, 0.3) is 0 Å². The van der Waals surface area contributed by atoms with Gasteiger partial charge in [0.2, 0.25) is 9.84 Å². The normalized spacial score (nSPS) is 15.8. The van der Waals surface area contributed by atoms with Crippen molar-refractivity contribution in [2.45, 2.75) is 16.7 Å². The number of halogens is 2. The van der Waals surface area contributed by atoms with E-state index < -0.39 is 15.7 Å². The summed E-state index contributed by atoms with van der Waals surface area (Å²) < 4.78 is 41.0. The maximum absolute atomic E-state index is 14.1. The van der Waals surface area contributed by atoms with Gasteiger partial charge in [-0.05, 0) is 49.0 Å². The Labute approximate surface area is 174 Å². The average Bonchev–Trinajstić information content (AvgIpc) is 2.73. The first-order valence-electron chi connectivity index (χ1n) is 9.46. The number of likely N-dealkylation sites (N-methyl/N-ethyl adjacent to an activating group) is 1. The first kappa shape index (κ1) is 20.1. The van der Waals surface area contributed by atoms with Crippen molar-refractivity contribution in [2.75, 3.05) is 37.6 Å². The second kappa shape index (κ2) is 7.89. The third-order valence-corrected chi connectivity index (χ3v) is 7.34. The van der Waals surface area contributed by atoms with Crippen molar-refractivity contribution < 1.29 is 12.8 Å². The Morgan fingerprint density at radius 2 is 1.76 bits per heavy atom. The Bertz CT molecular complexity index is 1140. The van der Waals surface area contributed by atoms with Gasteiger partial charge in [0, 0.05) is 42.8 Å². The highest BCUT2D eigenvalue weighted by Crippen LogP contribution is 2.36. The highest BCUT2D eigenvalue weighted by atomic mass is 35.5. The summed E-state index contributed by atoms with van der Waals surface area (Å²) >= 11 is 5.92. The average molecular weight is 434 g/mol.